The third-order valence-electron chi connectivity index (χ3n) is 2.57. The lowest BCUT2D eigenvalue weighted by atomic mass is 10.3. The summed E-state index contributed by atoms with van der Waals surface area (Å²) in [5.74, 6) is 0.945. The smallest absolute Gasteiger partial charge is 0.269 e. The summed E-state index contributed by atoms with van der Waals surface area (Å²) >= 11 is 10.2. The number of nitrogens with one attached hydrogen (secondary N) is 2. The van der Waals surface area contributed by atoms with E-state index < -0.39 is 11.2 Å². The largest absolute Gasteiger partial charge is 0.366 e. The third kappa shape index (κ3) is 3.94. The molecule has 0 fully saturated rings. The van der Waals surface area contributed by atoms with Crippen LogP contribution >= 0.6 is 23.2 Å². The lowest BCUT2D eigenvalue weighted by molar-refractivity contribution is 0.686. The highest BCUT2D eigenvalue weighted by atomic mass is 35.5. The fraction of sp³-hybridized carbons (Fsp3) is 0.333. The quantitative estimate of drug-likeness (QED) is 0.832. The van der Waals surface area contributed by atoms with Gasteiger partial charge >= 0.3 is 0 Å². The molecule has 1 aliphatic rings. The van der Waals surface area contributed by atoms with Crippen molar-refractivity contribution < 1.29 is 4.21 Å². The van der Waals surface area contributed by atoms with Crippen molar-refractivity contribution in [1.29, 1.82) is 0 Å². The zero-order chi connectivity index (χ0) is 14.5. The molecule has 0 spiro atoms. The molecule has 0 saturated heterocycles. The fourth-order valence-corrected chi connectivity index (χ4v) is 2.49. The summed E-state index contributed by atoms with van der Waals surface area (Å²) in [6, 6.07) is 5.12. The summed E-state index contributed by atoms with van der Waals surface area (Å²) in [7, 11) is 0. The van der Waals surface area contributed by atoms with Crippen molar-refractivity contribution in [1.82, 2.24) is 5.32 Å². The van der Waals surface area contributed by atoms with Crippen LogP contribution in [0, 0.1) is 0 Å². The molecule has 1 heterocycles. The second-order valence-corrected chi connectivity index (χ2v) is 5.79. The fourth-order valence-electron chi connectivity index (χ4n) is 1.56. The average Bonchev–Trinajstić information content (AvgIpc) is 2.74. The van der Waals surface area contributed by atoms with Gasteiger partial charge in [-0.2, -0.15) is 0 Å². The van der Waals surface area contributed by atoms with Gasteiger partial charge in [0.2, 0.25) is 0 Å². The number of hydrogen-bond acceptors (Lipinski definition) is 3. The van der Waals surface area contributed by atoms with Crippen LogP contribution in [0.15, 0.2) is 27.0 Å². The van der Waals surface area contributed by atoms with Gasteiger partial charge in [0, 0.05) is 12.2 Å². The Hall–Kier alpha value is -1.11. The molecule has 2 rings (SSSR count). The average molecular weight is 333 g/mol. The standard InChI is InChI=1S/C12H14Cl2N4OS/c1-2-3-6-15-11-12(18-20(19)17-11)16-8-4-5-9(13)10(14)7-8/h4-5,7H,2-3,6H2,1H3,(H,15,17)(H,16,18). The number of hydrogen-bond donors (Lipinski definition) is 2. The number of unbranched alkanes of at least 4 members (excludes halogenated alkanes) is 1. The molecular weight excluding hydrogens is 319 g/mol. The SMILES string of the molecule is CCCCNC1=NS(=O)N=C1Nc1ccc(Cl)c(Cl)c1. The van der Waals surface area contributed by atoms with E-state index in [2.05, 4.69) is 26.4 Å². The molecule has 0 saturated carbocycles. The van der Waals surface area contributed by atoms with Crippen molar-refractivity contribution in [3.05, 3.63) is 28.2 Å². The molecule has 1 atom stereocenters. The van der Waals surface area contributed by atoms with Gasteiger partial charge in [0.1, 0.15) is 0 Å². The molecule has 0 aromatic heterocycles. The number of rotatable bonds is 4. The van der Waals surface area contributed by atoms with E-state index in [1.807, 2.05) is 0 Å². The second-order valence-electron chi connectivity index (χ2n) is 4.14. The number of amidine groups is 2. The van der Waals surface area contributed by atoms with E-state index >= 15 is 0 Å². The molecule has 1 aliphatic heterocycles. The first-order chi connectivity index (χ1) is 9.60. The van der Waals surface area contributed by atoms with E-state index in [4.69, 9.17) is 23.2 Å². The molecule has 5 nitrogen and oxygen atoms in total. The zero-order valence-corrected chi connectivity index (χ0v) is 13.1. The summed E-state index contributed by atoms with van der Waals surface area (Å²) < 4.78 is 19.3. The van der Waals surface area contributed by atoms with Crippen molar-refractivity contribution in [2.75, 3.05) is 11.9 Å². The maximum Gasteiger partial charge on any atom is 0.269 e. The molecule has 1 aromatic rings. The van der Waals surface area contributed by atoms with Crippen LogP contribution in [-0.4, -0.2) is 22.4 Å². The van der Waals surface area contributed by atoms with Crippen molar-refractivity contribution in [2.45, 2.75) is 19.8 Å². The van der Waals surface area contributed by atoms with Crippen molar-refractivity contribution in [3.8, 4) is 0 Å². The molecule has 0 amide bonds. The van der Waals surface area contributed by atoms with Gasteiger partial charge in [0.05, 0.1) is 10.0 Å². The lowest BCUT2D eigenvalue weighted by Crippen LogP contribution is -2.34. The highest BCUT2D eigenvalue weighted by Gasteiger charge is 2.18. The lowest BCUT2D eigenvalue weighted by Gasteiger charge is -2.10. The molecule has 8 heteroatoms. The van der Waals surface area contributed by atoms with Crippen LogP contribution in [0.4, 0.5) is 5.69 Å². The van der Waals surface area contributed by atoms with Gasteiger partial charge in [0.25, 0.3) is 11.2 Å². The molecule has 1 aromatic carbocycles. The van der Waals surface area contributed by atoms with Gasteiger partial charge in [-0.1, -0.05) is 36.5 Å². The Labute approximate surface area is 130 Å². The first kappa shape index (κ1) is 15.3. The Morgan fingerprint density at radius 1 is 1.20 bits per heavy atom. The molecule has 1 unspecified atom stereocenters. The summed E-state index contributed by atoms with van der Waals surface area (Å²) in [5.41, 5.74) is 0.710. The van der Waals surface area contributed by atoms with Crippen LogP contribution in [0.1, 0.15) is 19.8 Å². The molecule has 108 valence electrons. The molecule has 0 aliphatic carbocycles. The van der Waals surface area contributed by atoms with Gasteiger partial charge in [-0.15, -0.1) is 8.80 Å². The molecular formula is C12H14Cl2N4OS. The molecule has 0 bridgehead atoms. The van der Waals surface area contributed by atoms with Crippen LogP contribution in [0.2, 0.25) is 10.0 Å². The monoisotopic (exact) mass is 332 g/mol. The van der Waals surface area contributed by atoms with Gasteiger partial charge < -0.3 is 10.6 Å². The highest BCUT2D eigenvalue weighted by molar-refractivity contribution is 7.83. The first-order valence-electron chi connectivity index (χ1n) is 6.16. The van der Waals surface area contributed by atoms with Crippen LogP contribution in [0.25, 0.3) is 0 Å². The molecule has 0 radical (unpaired) electrons. The predicted molar refractivity (Wildman–Crippen MR) is 86.0 cm³/mol. The van der Waals surface area contributed by atoms with Gasteiger partial charge in [-0.3, -0.25) is 0 Å². The minimum absolute atomic E-state index is 0.439. The Morgan fingerprint density at radius 3 is 2.65 bits per heavy atom. The first-order valence-corrected chi connectivity index (χ1v) is 7.98. The van der Waals surface area contributed by atoms with Crippen LogP contribution in [0.5, 0.6) is 0 Å². The van der Waals surface area contributed by atoms with Gasteiger partial charge in [-0.25, -0.2) is 4.21 Å². The second kappa shape index (κ2) is 7.06. The van der Waals surface area contributed by atoms with E-state index in [1.165, 1.54) is 0 Å². The highest BCUT2D eigenvalue weighted by Crippen LogP contribution is 2.25. The number of anilines is 1. The molecule has 2 N–H and O–H groups in total. The normalized spacial score (nSPS) is 17.6. The number of nitrogens with zero attached hydrogens (tertiary/aromatic N) is 2. The predicted octanol–water partition coefficient (Wildman–Crippen LogP) is 3.18. The summed E-state index contributed by atoms with van der Waals surface area (Å²) in [5, 5.41) is 7.07. The van der Waals surface area contributed by atoms with Crippen molar-refractivity contribution >= 4 is 51.7 Å². The molecule has 20 heavy (non-hydrogen) atoms. The van der Waals surface area contributed by atoms with Crippen molar-refractivity contribution in [2.24, 2.45) is 8.80 Å². The van der Waals surface area contributed by atoms with Gasteiger partial charge in [-0.05, 0) is 24.6 Å². The minimum Gasteiger partial charge on any atom is -0.366 e. The van der Waals surface area contributed by atoms with E-state index in [1.54, 1.807) is 18.2 Å². The summed E-state index contributed by atoms with van der Waals surface area (Å²) in [6.45, 7) is 2.86. The van der Waals surface area contributed by atoms with E-state index in [0.29, 0.717) is 27.4 Å². The number of halogens is 2. The Bertz CT molecular complexity index is 589. The van der Waals surface area contributed by atoms with Crippen molar-refractivity contribution in [3.63, 3.8) is 0 Å². The van der Waals surface area contributed by atoms with Crippen LogP contribution in [-0.2, 0) is 11.2 Å². The van der Waals surface area contributed by atoms with Gasteiger partial charge in [0.15, 0.2) is 11.7 Å². The summed E-state index contributed by atoms with van der Waals surface area (Å²) in [6.07, 6.45) is 2.07. The summed E-state index contributed by atoms with van der Waals surface area (Å²) in [4.78, 5) is 0. The van der Waals surface area contributed by atoms with Crippen LogP contribution in [0.3, 0.4) is 0 Å². The Balaban J connectivity index is 2.07. The third-order valence-corrected chi connectivity index (χ3v) is 3.98. The maximum absolute atomic E-state index is 11.4. The topological polar surface area (TPSA) is 65.8 Å². The van der Waals surface area contributed by atoms with E-state index in [0.717, 1.165) is 19.4 Å². The van der Waals surface area contributed by atoms with E-state index in [9.17, 15) is 4.21 Å². The Kier molecular flexibility index (Phi) is 5.39. The van der Waals surface area contributed by atoms with Crippen LogP contribution < -0.4 is 10.6 Å². The zero-order valence-electron chi connectivity index (χ0n) is 10.8. The van der Waals surface area contributed by atoms with E-state index in [-0.39, 0.29) is 0 Å². The Morgan fingerprint density at radius 2 is 1.95 bits per heavy atom. The maximum atomic E-state index is 11.4. The number of benzene rings is 1. The minimum atomic E-state index is -1.58.